The molecule has 0 saturated heterocycles. The average molecular weight is 258 g/mol. The van der Waals surface area contributed by atoms with Gasteiger partial charge in [0.25, 0.3) is 0 Å². The SMILES string of the molecule is Nc1csc(S(=O)(=O)NCc2cnc[nH]2)c1. The fourth-order valence-electron chi connectivity index (χ4n) is 1.10. The lowest BCUT2D eigenvalue weighted by Gasteiger charge is -2.02. The van der Waals surface area contributed by atoms with Crippen molar-refractivity contribution in [3.8, 4) is 0 Å². The largest absolute Gasteiger partial charge is 0.398 e. The van der Waals surface area contributed by atoms with Gasteiger partial charge in [0.2, 0.25) is 10.0 Å². The molecule has 0 saturated carbocycles. The maximum atomic E-state index is 11.8. The van der Waals surface area contributed by atoms with Crippen LogP contribution in [-0.4, -0.2) is 18.4 Å². The Morgan fingerprint density at radius 3 is 2.94 bits per heavy atom. The molecule has 0 aliphatic carbocycles. The molecule has 2 heterocycles. The number of nitrogens with zero attached hydrogens (tertiary/aromatic N) is 1. The predicted molar refractivity (Wildman–Crippen MR) is 61.3 cm³/mol. The first kappa shape index (κ1) is 11.1. The van der Waals surface area contributed by atoms with Gasteiger partial charge in [-0.15, -0.1) is 11.3 Å². The number of imidazole rings is 1. The molecule has 0 aliphatic heterocycles. The second kappa shape index (κ2) is 4.24. The van der Waals surface area contributed by atoms with E-state index >= 15 is 0 Å². The normalized spacial score (nSPS) is 11.8. The van der Waals surface area contributed by atoms with Gasteiger partial charge < -0.3 is 10.7 Å². The topological polar surface area (TPSA) is 101 Å². The maximum absolute atomic E-state index is 11.8. The predicted octanol–water partition coefficient (Wildman–Crippen LogP) is 0.532. The number of nitrogens with two attached hydrogens (primary N) is 1. The van der Waals surface area contributed by atoms with E-state index < -0.39 is 10.0 Å². The summed E-state index contributed by atoms with van der Waals surface area (Å²) in [6.45, 7) is 0.181. The number of H-pyrrole nitrogens is 1. The van der Waals surface area contributed by atoms with E-state index in [1.54, 1.807) is 11.6 Å². The lowest BCUT2D eigenvalue weighted by molar-refractivity contribution is 0.583. The molecule has 0 bridgehead atoms. The summed E-state index contributed by atoms with van der Waals surface area (Å²) < 4.78 is 26.2. The van der Waals surface area contributed by atoms with Crippen LogP contribution in [0.15, 0.2) is 28.2 Å². The third kappa shape index (κ3) is 2.40. The van der Waals surface area contributed by atoms with Crippen LogP contribution in [0.4, 0.5) is 5.69 Å². The van der Waals surface area contributed by atoms with Crippen molar-refractivity contribution >= 4 is 27.0 Å². The van der Waals surface area contributed by atoms with E-state index in [9.17, 15) is 8.42 Å². The summed E-state index contributed by atoms with van der Waals surface area (Å²) in [5.41, 5.74) is 6.62. The Morgan fingerprint density at radius 2 is 2.38 bits per heavy atom. The Balaban J connectivity index is 2.09. The monoisotopic (exact) mass is 258 g/mol. The third-order valence-electron chi connectivity index (χ3n) is 1.87. The van der Waals surface area contributed by atoms with Gasteiger partial charge in [-0.3, -0.25) is 0 Å². The molecule has 0 amide bonds. The number of rotatable bonds is 4. The number of aromatic amines is 1. The number of hydrogen-bond donors (Lipinski definition) is 3. The zero-order valence-corrected chi connectivity index (χ0v) is 9.81. The van der Waals surface area contributed by atoms with E-state index in [0.29, 0.717) is 11.4 Å². The highest BCUT2D eigenvalue weighted by Crippen LogP contribution is 2.21. The highest BCUT2D eigenvalue weighted by molar-refractivity contribution is 7.91. The summed E-state index contributed by atoms with van der Waals surface area (Å²) >= 11 is 1.09. The quantitative estimate of drug-likeness (QED) is 0.744. The maximum Gasteiger partial charge on any atom is 0.250 e. The summed E-state index contributed by atoms with van der Waals surface area (Å²) in [5.74, 6) is 0. The summed E-state index contributed by atoms with van der Waals surface area (Å²) in [5, 5.41) is 1.59. The molecule has 0 fully saturated rings. The Morgan fingerprint density at radius 1 is 1.56 bits per heavy atom. The van der Waals surface area contributed by atoms with Gasteiger partial charge in [-0.05, 0) is 6.07 Å². The fourth-order valence-corrected chi connectivity index (χ4v) is 3.23. The molecule has 6 nitrogen and oxygen atoms in total. The summed E-state index contributed by atoms with van der Waals surface area (Å²) in [7, 11) is -3.47. The van der Waals surface area contributed by atoms with Crippen molar-refractivity contribution in [1.29, 1.82) is 0 Å². The molecule has 4 N–H and O–H groups in total. The third-order valence-corrected chi connectivity index (χ3v) is 4.73. The molecule has 2 aromatic rings. The van der Waals surface area contributed by atoms with Crippen molar-refractivity contribution in [2.75, 3.05) is 5.73 Å². The van der Waals surface area contributed by atoms with Gasteiger partial charge in [-0.2, -0.15) is 0 Å². The molecule has 8 heteroatoms. The fraction of sp³-hybridized carbons (Fsp3) is 0.125. The van der Waals surface area contributed by atoms with Gasteiger partial charge in [0.15, 0.2) is 0 Å². The molecule has 0 aromatic carbocycles. The lowest BCUT2D eigenvalue weighted by Crippen LogP contribution is -2.22. The number of hydrogen-bond acceptors (Lipinski definition) is 5. The van der Waals surface area contributed by atoms with E-state index in [2.05, 4.69) is 14.7 Å². The second-order valence-corrected chi connectivity index (χ2v) is 6.01. The van der Waals surface area contributed by atoms with Crippen LogP contribution in [0.5, 0.6) is 0 Å². The van der Waals surface area contributed by atoms with Crippen LogP contribution in [0.2, 0.25) is 0 Å². The number of nitrogen functional groups attached to an aromatic ring is 1. The molecule has 0 atom stereocenters. The van der Waals surface area contributed by atoms with Gasteiger partial charge in [-0.25, -0.2) is 18.1 Å². The van der Waals surface area contributed by atoms with Gasteiger partial charge >= 0.3 is 0 Å². The minimum Gasteiger partial charge on any atom is -0.398 e. The minimum absolute atomic E-state index is 0.181. The smallest absolute Gasteiger partial charge is 0.250 e. The van der Waals surface area contributed by atoms with Crippen LogP contribution in [0.25, 0.3) is 0 Å². The van der Waals surface area contributed by atoms with Crippen LogP contribution in [-0.2, 0) is 16.6 Å². The Kier molecular flexibility index (Phi) is 2.95. The zero-order chi connectivity index (χ0) is 11.6. The van der Waals surface area contributed by atoms with Crippen molar-refractivity contribution in [3.05, 3.63) is 29.7 Å². The first-order valence-corrected chi connectivity index (χ1v) is 6.75. The molecule has 16 heavy (non-hydrogen) atoms. The van der Waals surface area contributed by atoms with Gasteiger partial charge in [-0.1, -0.05) is 0 Å². The van der Waals surface area contributed by atoms with Crippen molar-refractivity contribution in [3.63, 3.8) is 0 Å². The molecule has 0 aliphatic rings. The first-order chi connectivity index (χ1) is 7.58. The molecule has 0 spiro atoms. The van der Waals surface area contributed by atoms with Crippen LogP contribution in [0, 0.1) is 0 Å². The van der Waals surface area contributed by atoms with Crippen molar-refractivity contribution < 1.29 is 8.42 Å². The second-order valence-electron chi connectivity index (χ2n) is 3.10. The number of sulfonamides is 1. The lowest BCUT2D eigenvalue weighted by atomic mass is 10.5. The molecule has 0 radical (unpaired) electrons. The summed E-state index contributed by atoms with van der Waals surface area (Å²) in [4.78, 5) is 6.60. The van der Waals surface area contributed by atoms with E-state index in [-0.39, 0.29) is 10.8 Å². The van der Waals surface area contributed by atoms with Crippen LogP contribution >= 0.6 is 11.3 Å². The Labute approximate surface area is 96.6 Å². The number of thiophene rings is 1. The van der Waals surface area contributed by atoms with Gasteiger partial charge in [0.05, 0.1) is 12.9 Å². The van der Waals surface area contributed by atoms with E-state index in [1.165, 1.54) is 12.4 Å². The Bertz CT molecular complexity index is 559. The molecular formula is C8H10N4O2S2. The van der Waals surface area contributed by atoms with Gasteiger partial charge in [0.1, 0.15) is 4.21 Å². The van der Waals surface area contributed by atoms with E-state index in [4.69, 9.17) is 5.73 Å². The number of anilines is 1. The minimum atomic E-state index is -3.47. The molecule has 86 valence electrons. The first-order valence-electron chi connectivity index (χ1n) is 4.39. The highest BCUT2D eigenvalue weighted by atomic mass is 32.2. The molecule has 2 aromatic heterocycles. The van der Waals surface area contributed by atoms with Crippen molar-refractivity contribution in [2.45, 2.75) is 10.8 Å². The summed E-state index contributed by atoms with van der Waals surface area (Å²) in [6, 6.07) is 1.43. The molecular weight excluding hydrogens is 248 g/mol. The van der Waals surface area contributed by atoms with E-state index in [1.807, 2.05) is 0 Å². The van der Waals surface area contributed by atoms with Crippen molar-refractivity contribution in [2.24, 2.45) is 0 Å². The molecule has 2 rings (SSSR count). The standard InChI is InChI=1S/C8H10N4O2S2/c9-6-1-8(15-4-6)16(13,14)12-3-7-2-10-5-11-7/h1-2,4-5,12H,3,9H2,(H,10,11). The van der Waals surface area contributed by atoms with Crippen molar-refractivity contribution in [1.82, 2.24) is 14.7 Å². The van der Waals surface area contributed by atoms with E-state index in [0.717, 1.165) is 11.3 Å². The zero-order valence-electron chi connectivity index (χ0n) is 8.17. The molecule has 0 unspecified atom stereocenters. The van der Waals surface area contributed by atoms with Crippen LogP contribution in [0.1, 0.15) is 5.69 Å². The summed E-state index contributed by atoms with van der Waals surface area (Å²) in [6.07, 6.45) is 3.05. The number of nitrogens with one attached hydrogen (secondary N) is 2. The Hall–Kier alpha value is -1.38. The van der Waals surface area contributed by atoms with Crippen LogP contribution in [0.3, 0.4) is 0 Å². The van der Waals surface area contributed by atoms with Crippen LogP contribution < -0.4 is 10.5 Å². The van der Waals surface area contributed by atoms with Gasteiger partial charge in [0, 0.05) is 23.0 Å². The number of aromatic nitrogens is 2. The highest BCUT2D eigenvalue weighted by Gasteiger charge is 2.15. The average Bonchev–Trinajstić information content (AvgIpc) is 2.85.